The second kappa shape index (κ2) is 7.54. The van der Waals surface area contributed by atoms with Crippen LogP contribution in [0.1, 0.15) is 73.9 Å². The summed E-state index contributed by atoms with van der Waals surface area (Å²) in [6, 6.07) is 13.6. The molecule has 3 aliphatic rings. The highest BCUT2D eigenvalue weighted by atomic mass is 16.6. The van der Waals surface area contributed by atoms with Crippen molar-refractivity contribution in [2.75, 3.05) is 0 Å². The van der Waals surface area contributed by atoms with Gasteiger partial charge in [-0.15, -0.1) is 0 Å². The van der Waals surface area contributed by atoms with Gasteiger partial charge in [0, 0.05) is 29.1 Å². The number of carboxylic acids is 1. The Morgan fingerprint density at radius 1 is 1.00 bits per heavy atom. The molecule has 3 atom stereocenters. The molecule has 6 heteroatoms. The fourth-order valence-electron chi connectivity index (χ4n) is 5.74. The Morgan fingerprint density at radius 2 is 1.66 bits per heavy atom. The summed E-state index contributed by atoms with van der Waals surface area (Å²) >= 11 is 0. The lowest BCUT2D eigenvalue weighted by atomic mass is 9.72. The molecule has 2 bridgehead atoms. The van der Waals surface area contributed by atoms with E-state index in [1.54, 1.807) is 12.1 Å². The van der Waals surface area contributed by atoms with Crippen molar-refractivity contribution >= 4 is 12.1 Å². The van der Waals surface area contributed by atoms with Crippen molar-refractivity contribution in [2.24, 2.45) is 5.92 Å². The molecule has 2 aromatic carbocycles. The van der Waals surface area contributed by atoms with Crippen LogP contribution in [0.4, 0.5) is 4.79 Å². The molecule has 2 fully saturated rings. The van der Waals surface area contributed by atoms with Crippen molar-refractivity contribution in [2.45, 2.75) is 70.1 Å². The van der Waals surface area contributed by atoms with E-state index in [-0.39, 0.29) is 29.7 Å². The third kappa shape index (κ3) is 3.61. The number of carbonyl (C=O) groups excluding carboxylic acids is 1. The van der Waals surface area contributed by atoms with Gasteiger partial charge in [-0.25, -0.2) is 9.59 Å². The van der Waals surface area contributed by atoms with E-state index in [0.717, 1.165) is 42.6 Å². The Balaban J connectivity index is 1.47. The van der Waals surface area contributed by atoms with Gasteiger partial charge in [0.25, 0.3) is 0 Å². The summed E-state index contributed by atoms with van der Waals surface area (Å²) in [6.07, 6.45) is 3.58. The zero-order valence-corrected chi connectivity index (χ0v) is 18.7. The van der Waals surface area contributed by atoms with Crippen molar-refractivity contribution in [1.82, 2.24) is 4.90 Å². The monoisotopic (exact) mass is 435 g/mol. The first-order valence-corrected chi connectivity index (χ1v) is 11.4. The Morgan fingerprint density at radius 3 is 2.31 bits per heavy atom. The minimum atomic E-state index is -0.962. The number of fused-ring (bicyclic) bond motifs is 4. The van der Waals surface area contributed by atoms with Crippen LogP contribution in [-0.2, 0) is 4.74 Å². The van der Waals surface area contributed by atoms with Gasteiger partial charge in [0.05, 0.1) is 5.56 Å². The van der Waals surface area contributed by atoms with Gasteiger partial charge >= 0.3 is 12.1 Å². The highest BCUT2D eigenvalue weighted by molar-refractivity contribution is 5.88. The van der Waals surface area contributed by atoms with Gasteiger partial charge in [0.15, 0.2) is 0 Å². The van der Waals surface area contributed by atoms with Crippen LogP contribution in [-0.4, -0.2) is 39.8 Å². The Bertz CT molecular complexity index is 1060. The Labute approximate surface area is 188 Å². The van der Waals surface area contributed by atoms with E-state index < -0.39 is 11.6 Å². The number of hydrogen-bond donors (Lipinski definition) is 1. The van der Waals surface area contributed by atoms with Crippen LogP contribution in [0.3, 0.4) is 0 Å². The van der Waals surface area contributed by atoms with E-state index in [1.807, 2.05) is 49.9 Å². The van der Waals surface area contributed by atoms with Crippen molar-refractivity contribution in [3.05, 3.63) is 59.2 Å². The highest BCUT2D eigenvalue weighted by Gasteiger charge is 2.48. The highest BCUT2D eigenvalue weighted by Crippen LogP contribution is 2.53. The molecule has 6 nitrogen and oxygen atoms in total. The first-order valence-electron chi connectivity index (χ1n) is 11.4. The quantitative estimate of drug-likeness (QED) is 0.645. The predicted octanol–water partition coefficient (Wildman–Crippen LogP) is 5.80. The maximum Gasteiger partial charge on any atom is 0.410 e. The smallest absolute Gasteiger partial charge is 0.410 e. The van der Waals surface area contributed by atoms with Crippen molar-refractivity contribution < 1.29 is 24.2 Å². The minimum Gasteiger partial charge on any atom is -0.478 e. The molecule has 168 valence electrons. The van der Waals surface area contributed by atoms with Crippen LogP contribution in [0.25, 0.3) is 0 Å². The van der Waals surface area contributed by atoms with Crippen LogP contribution in [0.15, 0.2) is 42.5 Å². The fraction of sp³-hybridized carbons (Fsp3) is 0.462. The van der Waals surface area contributed by atoms with Gasteiger partial charge < -0.3 is 19.5 Å². The third-order valence-electron chi connectivity index (χ3n) is 6.91. The van der Waals surface area contributed by atoms with E-state index >= 15 is 0 Å². The first kappa shape index (κ1) is 20.9. The molecule has 3 unspecified atom stereocenters. The Kier molecular flexibility index (Phi) is 4.91. The summed E-state index contributed by atoms with van der Waals surface area (Å²) < 4.78 is 11.8. The second-order valence-corrected chi connectivity index (χ2v) is 10.2. The van der Waals surface area contributed by atoms with Crippen molar-refractivity contribution in [3.8, 4) is 11.5 Å². The molecule has 2 saturated heterocycles. The number of benzene rings is 2. The number of nitrogens with zero attached hydrogens (tertiary/aromatic N) is 1. The largest absolute Gasteiger partial charge is 0.478 e. The summed E-state index contributed by atoms with van der Waals surface area (Å²) in [4.78, 5) is 26.4. The van der Waals surface area contributed by atoms with Gasteiger partial charge in [-0.3, -0.25) is 0 Å². The maximum atomic E-state index is 12.9. The molecule has 0 aromatic heterocycles. The lowest BCUT2D eigenvalue weighted by Crippen LogP contribution is -2.49. The average molecular weight is 436 g/mol. The van der Waals surface area contributed by atoms with Crippen LogP contribution < -0.4 is 4.74 Å². The number of carbonyl (C=O) groups is 2. The van der Waals surface area contributed by atoms with Gasteiger partial charge in [-0.1, -0.05) is 24.3 Å². The molecule has 0 spiro atoms. The normalized spacial score (nSPS) is 26.0. The van der Waals surface area contributed by atoms with E-state index in [4.69, 9.17) is 9.47 Å². The topological polar surface area (TPSA) is 76.1 Å². The fourth-order valence-corrected chi connectivity index (χ4v) is 5.74. The standard InChI is InChI=1S/C26H29NO5/c1-26(2,3)32-25(30)27-17-9-10-18(27)13-16(12-17)23-19-6-4-5-7-21(19)31-22-14-15(24(28)29)8-11-20(22)23/h4-8,11,14,16-18,23H,9-10,12-13H2,1-3H3,(H,28,29). The molecule has 5 rings (SSSR count). The van der Waals surface area contributed by atoms with Gasteiger partial charge in [-0.05, 0) is 70.6 Å². The summed E-state index contributed by atoms with van der Waals surface area (Å²) in [5.74, 6) is 0.896. The molecule has 32 heavy (non-hydrogen) atoms. The molecule has 3 heterocycles. The van der Waals surface area contributed by atoms with Crippen LogP contribution in [0, 0.1) is 5.92 Å². The third-order valence-corrected chi connectivity index (χ3v) is 6.91. The number of hydrogen-bond acceptors (Lipinski definition) is 4. The van der Waals surface area contributed by atoms with Crippen LogP contribution in [0.5, 0.6) is 11.5 Å². The van der Waals surface area contributed by atoms with Crippen LogP contribution in [0.2, 0.25) is 0 Å². The molecule has 0 radical (unpaired) electrons. The number of carboxylic acid groups (broad SMARTS) is 1. The first-order chi connectivity index (χ1) is 15.2. The molecular weight excluding hydrogens is 406 g/mol. The van der Waals surface area contributed by atoms with Crippen molar-refractivity contribution in [3.63, 3.8) is 0 Å². The van der Waals surface area contributed by atoms with E-state index in [9.17, 15) is 14.7 Å². The lowest BCUT2D eigenvalue weighted by Gasteiger charge is -2.43. The predicted molar refractivity (Wildman–Crippen MR) is 119 cm³/mol. The molecule has 0 aliphatic carbocycles. The molecule has 0 saturated carbocycles. The molecule has 1 amide bonds. The molecule has 3 aliphatic heterocycles. The zero-order valence-electron chi connectivity index (χ0n) is 18.7. The number of rotatable bonds is 2. The molecular formula is C26H29NO5. The number of para-hydroxylation sites is 1. The summed E-state index contributed by atoms with van der Waals surface area (Å²) in [6.45, 7) is 5.71. The second-order valence-electron chi connectivity index (χ2n) is 10.2. The Hall–Kier alpha value is -3.02. The SMILES string of the molecule is CC(C)(C)OC(=O)N1C2CCC1CC(C1c3ccccc3Oc3cc(C(=O)O)ccc31)C2. The van der Waals surface area contributed by atoms with Gasteiger partial charge in [-0.2, -0.15) is 0 Å². The minimum absolute atomic E-state index is 0.113. The van der Waals surface area contributed by atoms with E-state index in [1.165, 1.54) is 0 Å². The molecule has 1 N–H and O–H groups in total. The maximum absolute atomic E-state index is 12.9. The molecule has 2 aromatic rings. The zero-order chi connectivity index (χ0) is 22.6. The average Bonchev–Trinajstić information content (AvgIpc) is 3.00. The summed E-state index contributed by atoms with van der Waals surface area (Å²) in [7, 11) is 0. The number of amides is 1. The van der Waals surface area contributed by atoms with Gasteiger partial charge in [0.1, 0.15) is 17.1 Å². The summed E-state index contributed by atoms with van der Waals surface area (Å²) in [5, 5.41) is 9.43. The van der Waals surface area contributed by atoms with Crippen LogP contribution >= 0.6 is 0 Å². The number of piperidine rings is 1. The summed E-state index contributed by atoms with van der Waals surface area (Å²) in [5.41, 5.74) is 1.89. The number of aromatic carboxylic acids is 1. The van der Waals surface area contributed by atoms with E-state index in [0.29, 0.717) is 11.7 Å². The van der Waals surface area contributed by atoms with Crippen molar-refractivity contribution in [1.29, 1.82) is 0 Å². The lowest BCUT2D eigenvalue weighted by molar-refractivity contribution is 0.000973. The van der Waals surface area contributed by atoms with Gasteiger partial charge in [0.2, 0.25) is 0 Å². The number of ether oxygens (including phenoxy) is 2. The van der Waals surface area contributed by atoms with E-state index in [2.05, 4.69) is 6.07 Å².